The molecule has 0 aliphatic heterocycles. The quantitative estimate of drug-likeness (QED) is 0.773. The lowest BCUT2D eigenvalue weighted by atomic mass is 10.1. The number of benzene rings is 2. The van der Waals surface area contributed by atoms with Crippen molar-refractivity contribution in [2.75, 3.05) is 0 Å². The minimum absolute atomic E-state index is 0.759. The molecule has 0 spiro atoms. The van der Waals surface area contributed by atoms with Crippen LogP contribution in [0.3, 0.4) is 0 Å². The zero-order valence-electron chi connectivity index (χ0n) is 10.8. The molecule has 3 aromatic rings. The van der Waals surface area contributed by atoms with Crippen LogP contribution in [0.1, 0.15) is 17.0 Å². The lowest BCUT2D eigenvalue weighted by molar-refractivity contribution is 0.973. The standard InChI is InChI=1S/C16H15N3/c1-12-6-5-9-14(10-12)16-17-15(18-19-16)11-13-7-3-2-4-8-13/h2-10H,11H2,1H3,(H,17,18,19). The molecule has 0 bridgehead atoms. The van der Waals surface area contributed by atoms with E-state index in [2.05, 4.69) is 46.4 Å². The van der Waals surface area contributed by atoms with Crippen LogP contribution in [-0.4, -0.2) is 15.2 Å². The number of aryl methyl sites for hydroxylation is 1. The van der Waals surface area contributed by atoms with Crippen LogP contribution in [0, 0.1) is 6.92 Å². The topological polar surface area (TPSA) is 41.6 Å². The van der Waals surface area contributed by atoms with Gasteiger partial charge in [-0.3, -0.25) is 5.10 Å². The van der Waals surface area contributed by atoms with Gasteiger partial charge in [-0.2, -0.15) is 5.10 Å². The molecular weight excluding hydrogens is 234 g/mol. The van der Waals surface area contributed by atoms with E-state index in [0.29, 0.717) is 0 Å². The van der Waals surface area contributed by atoms with E-state index in [9.17, 15) is 0 Å². The molecule has 1 N–H and O–H groups in total. The third kappa shape index (κ3) is 2.71. The van der Waals surface area contributed by atoms with Crippen molar-refractivity contribution in [1.29, 1.82) is 0 Å². The van der Waals surface area contributed by atoms with Crippen LogP contribution in [-0.2, 0) is 6.42 Å². The molecule has 0 aliphatic rings. The summed E-state index contributed by atoms with van der Waals surface area (Å²) >= 11 is 0. The maximum Gasteiger partial charge on any atom is 0.181 e. The first-order valence-corrected chi connectivity index (χ1v) is 6.33. The van der Waals surface area contributed by atoms with Gasteiger partial charge in [-0.05, 0) is 18.6 Å². The Hall–Kier alpha value is -2.42. The van der Waals surface area contributed by atoms with E-state index >= 15 is 0 Å². The van der Waals surface area contributed by atoms with Gasteiger partial charge < -0.3 is 0 Å². The summed E-state index contributed by atoms with van der Waals surface area (Å²) in [6, 6.07) is 18.5. The van der Waals surface area contributed by atoms with E-state index < -0.39 is 0 Å². The predicted octanol–water partition coefficient (Wildman–Crippen LogP) is 3.37. The molecule has 0 aliphatic carbocycles. The summed E-state index contributed by atoms with van der Waals surface area (Å²) in [5, 5.41) is 7.30. The molecule has 19 heavy (non-hydrogen) atoms. The molecule has 1 aromatic heterocycles. The Kier molecular flexibility index (Phi) is 3.11. The Bertz CT molecular complexity index is 671. The molecule has 94 valence electrons. The number of hydrogen-bond acceptors (Lipinski definition) is 2. The molecule has 3 heteroatoms. The second kappa shape index (κ2) is 5.06. The lowest BCUT2D eigenvalue weighted by Gasteiger charge is -1.97. The average molecular weight is 249 g/mol. The van der Waals surface area contributed by atoms with E-state index in [1.165, 1.54) is 11.1 Å². The van der Waals surface area contributed by atoms with Crippen molar-refractivity contribution in [2.45, 2.75) is 13.3 Å². The van der Waals surface area contributed by atoms with Crippen LogP contribution < -0.4 is 0 Å². The monoisotopic (exact) mass is 249 g/mol. The fourth-order valence-corrected chi connectivity index (χ4v) is 2.08. The number of hydrogen-bond donors (Lipinski definition) is 1. The summed E-state index contributed by atoms with van der Waals surface area (Å²) in [6.07, 6.45) is 0.777. The molecule has 0 saturated heterocycles. The van der Waals surface area contributed by atoms with Gasteiger partial charge >= 0.3 is 0 Å². The summed E-state index contributed by atoms with van der Waals surface area (Å²) in [5.41, 5.74) is 3.50. The number of aromatic amines is 1. The second-order valence-electron chi connectivity index (χ2n) is 4.64. The number of aromatic nitrogens is 3. The molecule has 0 unspecified atom stereocenters. The summed E-state index contributed by atoms with van der Waals surface area (Å²) in [6.45, 7) is 2.07. The molecule has 0 radical (unpaired) electrons. The number of rotatable bonds is 3. The SMILES string of the molecule is Cc1cccc(-c2n[nH]c(Cc3ccccc3)n2)c1. The largest absolute Gasteiger partial charge is 0.262 e. The molecular formula is C16H15N3. The maximum absolute atomic E-state index is 4.55. The average Bonchev–Trinajstić information content (AvgIpc) is 2.88. The zero-order chi connectivity index (χ0) is 13.1. The first-order chi connectivity index (χ1) is 9.31. The van der Waals surface area contributed by atoms with Gasteiger partial charge in [0.2, 0.25) is 0 Å². The van der Waals surface area contributed by atoms with Crippen molar-refractivity contribution >= 4 is 0 Å². The summed E-state index contributed by atoms with van der Waals surface area (Å²) in [7, 11) is 0. The van der Waals surface area contributed by atoms with Crippen molar-refractivity contribution in [3.05, 3.63) is 71.5 Å². The van der Waals surface area contributed by atoms with Gasteiger partial charge in [0.25, 0.3) is 0 Å². The highest BCUT2D eigenvalue weighted by atomic mass is 15.2. The Morgan fingerprint density at radius 1 is 1.00 bits per heavy atom. The fraction of sp³-hybridized carbons (Fsp3) is 0.125. The summed E-state index contributed by atoms with van der Waals surface area (Å²) in [4.78, 5) is 4.55. The molecule has 0 atom stereocenters. The Morgan fingerprint density at radius 2 is 1.84 bits per heavy atom. The Balaban J connectivity index is 1.84. The molecule has 0 amide bonds. The smallest absolute Gasteiger partial charge is 0.181 e. The van der Waals surface area contributed by atoms with Crippen molar-refractivity contribution in [3.63, 3.8) is 0 Å². The highest BCUT2D eigenvalue weighted by Crippen LogP contribution is 2.16. The van der Waals surface area contributed by atoms with Crippen LogP contribution in [0.4, 0.5) is 0 Å². The van der Waals surface area contributed by atoms with Gasteiger partial charge in [-0.1, -0.05) is 54.1 Å². The van der Waals surface area contributed by atoms with E-state index in [1.54, 1.807) is 0 Å². The molecule has 0 saturated carbocycles. The number of H-pyrrole nitrogens is 1. The predicted molar refractivity (Wildman–Crippen MR) is 75.8 cm³/mol. The highest BCUT2D eigenvalue weighted by Gasteiger charge is 2.06. The second-order valence-corrected chi connectivity index (χ2v) is 4.64. The molecule has 2 aromatic carbocycles. The van der Waals surface area contributed by atoms with Gasteiger partial charge in [-0.15, -0.1) is 0 Å². The fourth-order valence-electron chi connectivity index (χ4n) is 2.08. The molecule has 3 nitrogen and oxygen atoms in total. The van der Waals surface area contributed by atoms with E-state index in [4.69, 9.17) is 0 Å². The van der Waals surface area contributed by atoms with Crippen molar-refractivity contribution in [3.8, 4) is 11.4 Å². The number of nitrogens with zero attached hydrogens (tertiary/aromatic N) is 2. The third-order valence-corrected chi connectivity index (χ3v) is 3.02. The minimum Gasteiger partial charge on any atom is -0.262 e. The minimum atomic E-state index is 0.759. The van der Waals surface area contributed by atoms with Crippen LogP contribution >= 0.6 is 0 Å². The van der Waals surface area contributed by atoms with Crippen LogP contribution in [0.2, 0.25) is 0 Å². The van der Waals surface area contributed by atoms with Crippen molar-refractivity contribution in [2.24, 2.45) is 0 Å². The van der Waals surface area contributed by atoms with E-state index in [0.717, 1.165) is 23.6 Å². The van der Waals surface area contributed by atoms with Gasteiger partial charge in [0.1, 0.15) is 5.82 Å². The Morgan fingerprint density at radius 3 is 2.63 bits per heavy atom. The van der Waals surface area contributed by atoms with Gasteiger partial charge in [0.05, 0.1) is 0 Å². The van der Waals surface area contributed by atoms with Crippen LogP contribution in [0.25, 0.3) is 11.4 Å². The van der Waals surface area contributed by atoms with Gasteiger partial charge in [0.15, 0.2) is 5.82 Å². The first-order valence-electron chi connectivity index (χ1n) is 6.33. The summed E-state index contributed by atoms with van der Waals surface area (Å²) < 4.78 is 0. The lowest BCUT2D eigenvalue weighted by Crippen LogP contribution is -1.90. The van der Waals surface area contributed by atoms with Gasteiger partial charge in [0, 0.05) is 12.0 Å². The molecule has 0 fully saturated rings. The van der Waals surface area contributed by atoms with Gasteiger partial charge in [-0.25, -0.2) is 4.98 Å². The third-order valence-electron chi connectivity index (χ3n) is 3.02. The maximum atomic E-state index is 4.55. The van der Waals surface area contributed by atoms with E-state index in [1.807, 2.05) is 30.3 Å². The van der Waals surface area contributed by atoms with Crippen molar-refractivity contribution in [1.82, 2.24) is 15.2 Å². The summed E-state index contributed by atoms with van der Waals surface area (Å²) in [5.74, 6) is 1.65. The van der Waals surface area contributed by atoms with Crippen LogP contribution in [0.15, 0.2) is 54.6 Å². The van der Waals surface area contributed by atoms with Crippen LogP contribution in [0.5, 0.6) is 0 Å². The molecule has 1 heterocycles. The van der Waals surface area contributed by atoms with E-state index in [-0.39, 0.29) is 0 Å². The van der Waals surface area contributed by atoms with Crippen molar-refractivity contribution < 1.29 is 0 Å². The first kappa shape index (κ1) is 11.7. The normalized spacial score (nSPS) is 10.6. The zero-order valence-corrected chi connectivity index (χ0v) is 10.8. The Labute approximate surface area is 112 Å². The number of nitrogens with one attached hydrogen (secondary N) is 1. The highest BCUT2D eigenvalue weighted by molar-refractivity contribution is 5.55. The molecule has 3 rings (SSSR count).